The Bertz CT molecular complexity index is 381. The molecule has 5 heteroatoms. The molecular weight excluding hydrogens is 244 g/mol. The van der Waals surface area contributed by atoms with Crippen LogP contribution in [0.1, 0.15) is 33.6 Å². The number of hydrogen-bond donors (Lipinski definition) is 2. The molecule has 0 aromatic rings. The van der Waals surface area contributed by atoms with E-state index in [1.54, 1.807) is 4.90 Å². The van der Waals surface area contributed by atoms with E-state index in [1.807, 2.05) is 6.92 Å². The van der Waals surface area contributed by atoms with Crippen LogP contribution in [0.15, 0.2) is 0 Å². The Labute approximate surface area is 114 Å². The summed E-state index contributed by atoms with van der Waals surface area (Å²) in [6, 6.07) is -0.180. The smallest absolute Gasteiger partial charge is 0.308 e. The van der Waals surface area contributed by atoms with Crippen molar-refractivity contribution in [3.63, 3.8) is 0 Å². The third-order valence-electron chi connectivity index (χ3n) is 4.62. The number of amides is 1. The topological polar surface area (TPSA) is 69.6 Å². The van der Waals surface area contributed by atoms with E-state index in [0.717, 1.165) is 19.4 Å². The number of carboxylic acids is 1. The van der Waals surface area contributed by atoms with Crippen molar-refractivity contribution in [2.75, 3.05) is 19.6 Å². The van der Waals surface area contributed by atoms with Gasteiger partial charge in [0.15, 0.2) is 0 Å². The van der Waals surface area contributed by atoms with E-state index in [0.29, 0.717) is 13.1 Å². The average Bonchev–Trinajstić information content (AvgIpc) is 2.70. The summed E-state index contributed by atoms with van der Waals surface area (Å²) < 4.78 is 0. The van der Waals surface area contributed by atoms with Gasteiger partial charge < -0.3 is 15.3 Å². The van der Waals surface area contributed by atoms with Crippen LogP contribution in [0.3, 0.4) is 0 Å². The molecule has 2 aliphatic heterocycles. The molecule has 0 aliphatic carbocycles. The number of nitrogens with zero attached hydrogens (tertiary/aromatic N) is 1. The van der Waals surface area contributed by atoms with Crippen molar-refractivity contribution < 1.29 is 14.7 Å². The molecule has 2 heterocycles. The first-order chi connectivity index (χ1) is 8.83. The number of carboxylic acid groups (broad SMARTS) is 1. The van der Waals surface area contributed by atoms with E-state index in [2.05, 4.69) is 19.2 Å². The molecule has 3 unspecified atom stereocenters. The standard InChI is InChI=1S/C14H24N2O3/c1-9-7-16(8-10(9)13(18)19)12(17)11-14(2,3)5-4-6-15-11/h9-11,15H,4-8H2,1-3H3,(H,18,19). The molecule has 0 spiro atoms. The molecule has 2 N–H and O–H groups in total. The van der Waals surface area contributed by atoms with Crippen LogP contribution in [0, 0.1) is 17.3 Å². The predicted octanol–water partition coefficient (Wildman–Crippen LogP) is 0.944. The molecule has 2 rings (SSSR count). The van der Waals surface area contributed by atoms with E-state index >= 15 is 0 Å². The van der Waals surface area contributed by atoms with Crippen molar-refractivity contribution in [1.29, 1.82) is 0 Å². The first-order valence-electron chi connectivity index (χ1n) is 7.08. The molecule has 3 atom stereocenters. The highest BCUT2D eigenvalue weighted by Gasteiger charge is 2.43. The second-order valence-corrected chi connectivity index (χ2v) is 6.64. The number of nitrogens with one attached hydrogen (secondary N) is 1. The normalized spacial score (nSPS) is 34.3. The Kier molecular flexibility index (Phi) is 3.85. The zero-order chi connectivity index (χ0) is 14.2. The SMILES string of the molecule is CC1CN(C(=O)C2NCCCC2(C)C)CC1C(=O)O. The van der Waals surface area contributed by atoms with Gasteiger partial charge in [0.1, 0.15) is 0 Å². The van der Waals surface area contributed by atoms with Crippen LogP contribution in [0.2, 0.25) is 0 Å². The molecule has 0 radical (unpaired) electrons. The summed E-state index contributed by atoms with van der Waals surface area (Å²) in [6.07, 6.45) is 2.12. The monoisotopic (exact) mass is 268 g/mol. The highest BCUT2D eigenvalue weighted by atomic mass is 16.4. The zero-order valence-corrected chi connectivity index (χ0v) is 12.0. The number of carbonyl (C=O) groups excluding carboxylic acids is 1. The van der Waals surface area contributed by atoms with Crippen molar-refractivity contribution >= 4 is 11.9 Å². The average molecular weight is 268 g/mol. The van der Waals surface area contributed by atoms with Gasteiger partial charge in [-0.1, -0.05) is 20.8 Å². The number of piperidine rings is 1. The van der Waals surface area contributed by atoms with Gasteiger partial charge >= 0.3 is 5.97 Å². The Hall–Kier alpha value is -1.10. The highest BCUT2D eigenvalue weighted by Crippen LogP contribution is 2.33. The lowest BCUT2D eigenvalue weighted by atomic mass is 9.77. The van der Waals surface area contributed by atoms with Crippen molar-refractivity contribution in [2.24, 2.45) is 17.3 Å². The van der Waals surface area contributed by atoms with E-state index in [1.165, 1.54) is 0 Å². The maximum absolute atomic E-state index is 12.6. The summed E-state index contributed by atoms with van der Waals surface area (Å²) in [6.45, 7) is 7.90. The van der Waals surface area contributed by atoms with E-state index in [-0.39, 0.29) is 23.3 Å². The van der Waals surface area contributed by atoms with E-state index < -0.39 is 11.9 Å². The summed E-state index contributed by atoms with van der Waals surface area (Å²) in [5, 5.41) is 12.4. The van der Waals surface area contributed by atoms with Gasteiger partial charge in [0.2, 0.25) is 5.91 Å². The van der Waals surface area contributed by atoms with Crippen LogP contribution in [-0.2, 0) is 9.59 Å². The Morgan fingerprint density at radius 1 is 1.32 bits per heavy atom. The Morgan fingerprint density at radius 3 is 2.53 bits per heavy atom. The van der Waals surface area contributed by atoms with Crippen molar-refractivity contribution in [2.45, 2.75) is 39.7 Å². The maximum atomic E-state index is 12.6. The van der Waals surface area contributed by atoms with E-state index in [9.17, 15) is 9.59 Å². The van der Waals surface area contributed by atoms with Gasteiger partial charge in [0.25, 0.3) is 0 Å². The van der Waals surface area contributed by atoms with Gasteiger partial charge in [-0.05, 0) is 30.7 Å². The van der Waals surface area contributed by atoms with Gasteiger partial charge in [0.05, 0.1) is 12.0 Å². The van der Waals surface area contributed by atoms with Gasteiger partial charge in [-0.2, -0.15) is 0 Å². The van der Waals surface area contributed by atoms with Crippen LogP contribution < -0.4 is 5.32 Å². The Morgan fingerprint density at radius 2 is 2.00 bits per heavy atom. The van der Waals surface area contributed by atoms with Crippen LogP contribution >= 0.6 is 0 Å². The molecular formula is C14H24N2O3. The van der Waals surface area contributed by atoms with Gasteiger partial charge in [0, 0.05) is 13.1 Å². The minimum absolute atomic E-state index is 0.0353. The lowest BCUT2D eigenvalue weighted by molar-refractivity contribution is -0.142. The second kappa shape index (κ2) is 5.12. The van der Waals surface area contributed by atoms with Gasteiger partial charge in [-0.15, -0.1) is 0 Å². The molecule has 0 bridgehead atoms. The molecule has 2 aliphatic rings. The molecule has 0 aromatic carbocycles. The molecule has 19 heavy (non-hydrogen) atoms. The summed E-state index contributed by atoms with van der Waals surface area (Å²) in [7, 11) is 0. The van der Waals surface area contributed by atoms with Gasteiger partial charge in [-0.25, -0.2) is 0 Å². The molecule has 2 saturated heterocycles. The molecule has 0 aromatic heterocycles. The minimum Gasteiger partial charge on any atom is -0.481 e. The largest absolute Gasteiger partial charge is 0.481 e. The highest BCUT2D eigenvalue weighted by molar-refractivity contribution is 5.84. The van der Waals surface area contributed by atoms with Gasteiger partial charge in [-0.3, -0.25) is 9.59 Å². The molecule has 5 nitrogen and oxygen atoms in total. The lowest BCUT2D eigenvalue weighted by Gasteiger charge is -2.40. The first kappa shape index (κ1) is 14.3. The summed E-state index contributed by atoms with van der Waals surface area (Å²) in [5.41, 5.74) is -0.0557. The molecule has 0 saturated carbocycles. The van der Waals surface area contributed by atoms with Crippen molar-refractivity contribution in [3.8, 4) is 0 Å². The Balaban J connectivity index is 2.06. The molecule has 1 amide bonds. The summed E-state index contributed by atoms with van der Waals surface area (Å²) in [5.74, 6) is -1.11. The first-order valence-corrected chi connectivity index (χ1v) is 7.08. The fourth-order valence-electron chi connectivity index (χ4n) is 3.28. The summed E-state index contributed by atoms with van der Waals surface area (Å²) in [4.78, 5) is 25.5. The van der Waals surface area contributed by atoms with Crippen LogP contribution in [-0.4, -0.2) is 47.6 Å². The fourth-order valence-corrected chi connectivity index (χ4v) is 3.28. The number of carbonyl (C=O) groups is 2. The third-order valence-corrected chi connectivity index (χ3v) is 4.62. The van der Waals surface area contributed by atoms with Crippen LogP contribution in [0.25, 0.3) is 0 Å². The maximum Gasteiger partial charge on any atom is 0.308 e. The minimum atomic E-state index is -0.793. The predicted molar refractivity (Wildman–Crippen MR) is 71.7 cm³/mol. The zero-order valence-electron chi connectivity index (χ0n) is 12.0. The number of aliphatic carboxylic acids is 1. The summed E-state index contributed by atoms with van der Waals surface area (Å²) >= 11 is 0. The number of likely N-dealkylation sites (tertiary alicyclic amines) is 1. The third kappa shape index (κ3) is 2.76. The fraction of sp³-hybridized carbons (Fsp3) is 0.857. The number of rotatable bonds is 2. The van der Waals surface area contributed by atoms with Crippen LogP contribution in [0.4, 0.5) is 0 Å². The quantitative estimate of drug-likeness (QED) is 0.782. The van der Waals surface area contributed by atoms with E-state index in [4.69, 9.17) is 5.11 Å². The van der Waals surface area contributed by atoms with Crippen molar-refractivity contribution in [1.82, 2.24) is 10.2 Å². The second-order valence-electron chi connectivity index (χ2n) is 6.64. The molecule has 108 valence electrons. The molecule has 2 fully saturated rings. The van der Waals surface area contributed by atoms with Crippen LogP contribution in [0.5, 0.6) is 0 Å². The van der Waals surface area contributed by atoms with Crippen molar-refractivity contribution in [3.05, 3.63) is 0 Å². The lowest BCUT2D eigenvalue weighted by Crippen LogP contribution is -2.56. The number of hydrogen-bond acceptors (Lipinski definition) is 3.